The van der Waals surface area contributed by atoms with E-state index < -0.39 is 11.6 Å². The maximum atomic E-state index is 10.3. The summed E-state index contributed by atoms with van der Waals surface area (Å²) >= 11 is 3.47. The van der Waals surface area contributed by atoms with Crippen molar-refractivity contribution in [3.05, 3.63) is 27.7 Å². The Morgan fingerprint density at radius 1 is 1.47 bits per heavy atom. The first-order valence-corrected chi connectivity index (χ1v) is 6.61. The number of fused-ring (bicyclic) bond motifs is 1. The average Bonchev–Trinajstić information content (AvgIpc) is 2.25. The molecule has 1 atom stereocenters. The maximum absolute atomic E-state index is 10.3. The Hall–Kier alpha value is -0.580. The number of aliphatic hydroxyl groups excluding tert-OH is 1. The first-order valence-electron chi connectivity index (χ1n) is 5.81. The number of hydrogen-bond acceptors (Lipinski definition) is 3. The third-order valence-corrected chi connectivity index (χ3v) is 3.45. The fourth-order valence-corrected chi connectivity index (χ4v) is 2.60. The van der Waals surface area contributed by atoms with E-state index in [2.05, 4.69) is 15.9 Å². The monoisotopic (exact) mass is 299 g/mol. The van der Waals surface area contributed by atoms with Crippen LogP contribution in [0.15, 0.2) is 16.6 Å². The molecule has 3 N–H and O–H groups in total. The van der Waals surface area contributed by atoms with Crippen LogP contribution in [0.2, 0.25) is 0 Å². The van der Waals surface area contributed by atoms with Crippen molar-refractivity contribution < 1.29 is 9.84 Å². The van der Waals surface area contributed by atoms with Gasteiger partial charge in [0, 0.05) is 15.6 Å². The maximum Gasteiger partial charge on any atom is 0.128 e. The minimum atomic E-state index is -0.730. The lowest BCUT2D eigenvalue weighted by Gasteiger charge is -2.30. The van der Waals surface area contributed by atoms with E-state index in [-0.39, 0.29) is 0 Å². The summed E-state index contributed by atoms with van der Waals surface area (Å²) in [6.45, 7) is 4.33. The van der Waals surface area contributed by atoms with Gasteiger partial charge in [-0.05, 0) is 44.4 Å². The van der Waals surface area contributed by atoms with Gasteiger partial charge in [-0.3, -0.25) is 0 Å². The number of hydrogen-bond donors (Lipinski definition) is 2. The molecule has 0 saturated carbocycles. The summed E-state index contributed by atoms with van der Waals surface area (Å²) in [6.07, 6.45) is 1.27. The molecule has 0 spiro atoms. The fraction of sp³-hybridized carbons (Fsp3) is 0.538. The van der Waals surface area contributed by atoms with Gasteiger partial charge in [0.05, 0.1) is 12.7 Å². The lowest BCUT2D eigenvalue weighted by Crippen LogP contribution is -2.39. The molecule has 0 amide bonds. The van der Waals surface area contributed by atoms with Crippen LogP contribution in [0.4, 0.5) is 0 Å². The molecule has 0 fully saturated rings. The molecular weight excluding hydrogens is 282 g/mol. The van der Waals surface area contributed by atoms with Crippen molar-refractivity contribution in [3.8, 4) is 5.75 Å². The molecule has 1 heterocycles. The van der Waals surface area contributed by atoms with Crippen molar-refractivity contribution in [1.82, 2.24) is 0 Å². The van der Waals surface area contributed by atoms with Crippen molar-refractivity contribution in [2.24, 2.45) is 5.73 Å². The second kappa shape index (κ2) is 4.59. The van der Waals surface area contributed by atoms with Gasteiger partial charge >= 0.3 is 0 Å². The Morgan fingerprint density at radius 2 is 2.18 bits per heavy atom. The lowest BCUT2D eigenvalue weighted by atomic mass is 9.89. The summed E-state index contributed by atoms with van der Waals surface area (Å²) in [5, 5.41) is 10.3. The van der Waals surface area contributed by atoms with E-state index in [0.29, 0.717) is 6.61 Å². The molecule has 3 nitrogen and oxygen atoms in total. The van der Waals surface area contributed by atoms with Gasteiger partial charge in [-0.25, -0.2) is 0 Å². The van der Waals surface area contributed by atoms with Gasteiger partial charge in [-0.1, -0.05) is 15.9 Å². The molecule has 1 aliphatic rings. The van der Waals surface area contributed by atoms with Crippen LogP contribution in [-0.4, -0.2) is 17.3 Å². The highest BCUT2D eigenvalue weighted by Gasteiger charge is 2.29. The van der Waals surface area contributed by atoms with Crippen molar-refractivity contribution >= 4 is 15.9 Å². The van der Waals surface area contributed by atoms with Crippen molar-refractivity contribution in [3.63, 3.8) is 0 Å². The minimum Gasteiger partial charge on any atom is -0.493 e. The first-order chi connectivity index (χ1) is 7.89. The highest BCUT2D eigenvalue weighted by atomic mass is 79.9. The molecule has 1 unspecified atom stereocenters. The molecule has 2 rings (SSSR count). The normalized spacial score (nSPS) is 17.2. The molecule has 0 bridgehead atoms. The van der Waals surface area contributed by atoms with Crippen LogP contribution in [0.25, 0.3) is 0 Å². The fourth-order valence-electron chi connectivity index (χ4n) is 2.08. The van der Waals surface area contributed by atoms with E-state index in [1.165, 1.54) is 0 Å². The van der Waals surface area contributed by atoms with Gasteiger partial charge in [0.25, 0.3) is 0 Å². The standard InChI is InChI=1S/C13H18BrNO2/c1-13(2,15)12(16)10-7-9(14)6-8-4-3-5-17-11(8)10/h6-7,12,16H,3-5,15H2,1-2H3. The summed E-state index contributed by atoms with van der Waals surface area (Å²) in [7, 11) is 0. The number of aryl methyl sites for hydroxylation is 1. The van der Waals surface area contributed by atoms with E-state index in [1.54, 1.807) is 0 Å². The summed E-state index contributed by atoms with van der Waals surface area (Å²) in [4.78, 5) is 0. The molecule has 1 aromatic rings. The van der Waals surface area contributed by atoms with E-state index in [9.17, 15) is 5.11 Å². The lowest BCUT2D eigenvalue weighted by molar-refractivity contribution is 0.0996. The van der Waals surface area contributed by atoms with Crippen LogP contribution in [0.5, 0.6) is 5.75 Å². The summed E-state index contributed by atoms with van der Waals surface area (Å²) in [5.74, 6) is 0.811. The van der Waals surface area contributed by atoms with Crippen molar-refractivity contribution in [2.75, 3.05) is 6.61 Å². The molecule has 0 aliphatic carbocycles. The van der Waals surface area contributed by atoms with Gasteiger partial charge in [0.1, 0.15) is 5.75 Å². The Labute approximate surface area is 110 Å². The van der Waals surface area contributed by atoms with Crippen LogP contribution in [-0.2, 0) is 6.42 Å². The topological polar surface area (TPSA) is 55.5 Å². The van der Waals surface area contributed by atoms with Gasteiger partial charge in [-0.15, -0.1) is 0 Å². The number of halogens is 1. The average molecular weight is 300 g/mol. The van der Waals surface area contributed by atoms with Crippen LogP contribution in [0.1, 0.15) is 37.5 Å². The van der Waals surface area contributed by atoms with E-state index in [4.69, 9.17) is 10.5 Å². The SMILES string of the molecule is CC(C)(N)C(O)c1cc(Br)cc2c1OCCC2. The first kappa shape index (κ1) is 12.9. The number of ether oxygens (including phenoxy) is 1. The highest BCUT2D eigenvalue weighted by molar-refractivity contribution is 9.10. The smallest absolute Gasteiger partial charge is 0.128 e. The van der Waals surface area contributed by atoms with Crippen molar-refractivity contribution in [2.45, 2.75) is 38.3 Å². The molecule has 1 aromatic carbocycles. The van der Waals surface area contributed by atoms with Crippen LogP contribution in [0, 0.1) is 0 Å². The zero-order valence-electron chi connectivity index (χ0n) is 10.2. The van der Waals surface area contributed by atoms with Gasteiger partial charge < -0.3 is 15.6 Å². The molecule has 0 saturated heterocycles. The third kappa shape index (κ3) is 2.64. The minimum absolute atomic E-state index is 0.685. The Bertz CT molecular complexity index is 426. The summed E-state index contributed by atoms with van der Waals surface area (Å²) < 4.78 is 6.65. The van der Waals surface area contributed by atoms with E-state index >= 15 is 0 Å². The molecule has 0 aromatic heterocycles. The number of aliphatic hydroxyl groups is 1. The largest absolute Gasteiger partial charge is 0.493 e. The number of benzene rings is 1. The number of nitrogens with two attached hydrogens (primary N) is 1. The van der Waals surface area contributed by atoms with Gasteiger partial charge in [0.2, 0.25) is 0 Å². The zero-order valence-corrected chi connectivity index (χ0v) is 11.8. The second-order valence-corrected chi connectivity index (χ2v) is 6.07. The van der Waals surface area contributed by atoms with E-state index in [1.807, 2.05) is 26.0 Å². The van der Waals surface area contributed by atoms with Crippen LogP contribution >= 0.6 is 15.9 Å². The predicted molar refractivity (Wildman–Crippen MR) is 71.2 cm³/mol. The molecule has 4 heteroatoms. The van der Waals surface area contributed by atoms with E-state index in [0.717, 1.165) is 34.2 Å². The Kier molecular flexibility index (Phi) is 3.48. The highest BCUT2D eigenvalue weighted by Crippen LogP contribution is 2.38. The van der Waals surface area contributed by atoms with Crippen LogP contribution in [0.3, 0.4) is 0 Å². The third-order valence-electron chi connectivity index (χ3n) is 3.00. The van der Waals surface area contributed by atoms with Crippen LogP contribution < -0.4 is 10.5 Å². The molecule has 1 aliphatic heterocycles. The number of rotatable bonds is 2. The zero-order chi connectivity index (χ0) is 12.6. The quantitative estimate of drug-likeness (QED) is 0.882. The Balaban J connectivity index is 2.49. The molecule has 0 radical (unpaired) electrons. The molecule has 94 valence electrons. The predicted octanol–water partition coefficient (Wildman–Crippen LogP) is 2.54. The van der Waals surface area contributed by atoms with Crippen molar-refractivity contribution in [1.29, 1.82) is 0 Å². The summed E-state index contributed by atoms with van der Waals surface area (Å²) in [6, 6.07) is 3.94. The Morgan fingerprint density at radius 3 is 2.82 bits per heavy atom. The second-order valence-electron chi connectivity index (χ2n) is 5.16. The van der Waals surface area contributed by atoms with Gasteiger partial charge in [-0.2, -0.15) is 0 Å². The summed E-state index contributed by atoms with van der Waals surface area (Å²) in [5.41, 5.74) is 7.21. The van der Waals surface area contributed by atoms with Gasteiger partial charge in [0.15, 0.2) is 0 Å². The molecular formula is C13H18BrNO2. The molecule has 17 heavy (non-hydrogen) atoms.